The van der Waals surface area contributed by atoms with E-state index < -0.39 is 11.6 Å². The number of hydrogen-bond donors (Lipinski definition) is 2. The van der Waals surface area contributed by atoms with Crippen molar-refractivity contribution in [2.45, 2.75) is 71.3 Å². The number of aliphatic carboxylic acids is 1. The third-order valence-electron chi connectivity index (χ3n) is 5.37. The van der Waals surface area contributed by atoms with Gasteiger partial charge in [0.15, 0.2) is 0 Å². The molecule has 0 saturated heterocycles. The Bertz CT molecular complexity index is 710. The standard InChI is InChI=1S/C22H32N2O4/c1-5-6-13-23-20(25)14-16-7-9-17(10-8-16)19-12-11-18(19)15(2)24-28-22(3,4)21(26)27/h7-10,18-19H,5-6,11-14H2,1-4H3,(H,23,25)(H,26,27)/b24-15+. The van der Waals surface area contributed by atoms with E-state index in [2.05, 4.69) is 29.5 Å². The summed E-state index contributed by atoms with van der Waals surface area (Å²) in [4.78, 5) is 28.3. The summed E-state index contributed by atoms with van der Waals surface area (Å²) < 4.78 is 0. The number of amides is 1. The minimum absolute atomic E-state index is 0.0592. The van der Waals surface area contributed by atoms with E-state index in [4.69, 9.17) is 9.94 Å². The van der Waals surface area contributed by atoms with Crippen LogP contribution in [0.5, 0.6) is 0 Å². The smallest absolute Gasteiger partial charge is 0.350 e. The van der Waals surface area contributed by atoms with Gasteiger partial charge in [-0.3, -0.25) is 4.79 Å². The summed E-state index contributed by atoms with van der Waals surface area (Å²) in [6.45, 7) is 7.70. The van der Waals surface area contributed by atoms with Crippen molar-refractivity contribution < 1.29 is 19.5 Å². The Kier molecular flexibility index (Phi) is 7.61. The first-order valence-electron chi connectivity index (χ1n) is 10.1. The highest BCUT2D eigenvalue weighted by Gasteiger charge is 2.35. The Balaban J connectivity index is 1.93. The summed E-state index contributed by atoms with van der Waals surface area (Å²) >= 11 is 0. The predicted molar refractivity (Wildman–Crippen MR) is 109 cm³/mol. The van der Waals surface area contributed by atoms with E-state index in [1.54, 1.807) is 0 Å². The second kappa shape index (κ2) is 9.71. The first-order valence-corrected chi connectivity index (χ1v) is 10.1. The van der Waals surface area contributed by atoms with Gasteiger partial charge in [-0.25, -0.2) is 4.79 Å². The van der Waals surface area contributed by atoms with E-state index >= 15 is 0 Å². The second-order valence-electron chi connectivity index (χ2n) is 8.05. The zero-order valence-corrected chi connectivity index (χ0v) is 17.3. The number of carboxylic acid groups (broad SMARTS) is 1. The van der Waals surface area contributed by atoms with Gasteiger partial charge >= 0.3 is 5.97 Å². The van der Waals surface area contributed by atoms with Crippen molar-refractivity contribution in [2.24, 2.45) is 11.1 Å². The molecule has 1 amide bonds. The lowest BCUT2D eigenvalue weighted by Crippen LogP contribution is -2.35. The minimum Gasteiger partial charge on any atom is -0.478 e. The highest BCUT2D eigenvalue weighted by molar-refractivity contribution is 5.86. The Morgan fingerprint density at radius 3 is 2.46 bits per heavy atom. The molecule has 0 aliphatic heterocycles. The highest BCUT2D eigenvalue weighted by Crippen LogP contribution is 2.43. The van der Waals surface area contributed by atoms with Gasteiger partial charge in [-0.15, -0.1) is 0 Å². The van der Waals surface area contributed by atoms with Crippen molar-refractivity contribution in [3.63, 3.8) is 0 Å². The third kappa shape index (κ3) is 5.81. The Hall–Kier alpha value is -2.37. The molecule has 0 bridgehead atoms. The number of benzene rings is 1. The summed E-state index contributed by atoms with van der Waals surface area (Å²) in [7, 11) is 0. The lowest BCUT2D eigenvalue weighted by molar-refractivity contribution is -0.161. The molecule has 0 aromatic heterocycles. The maximum absolute atomic E-state index is 11.9. The van der Waals surface area contributed by atoms with Crippen LogP contribution in [0.4, 0.5) is 0 Å². The molecule has 1 aliphatic carbocycles. The van der Waals surface area contributed by atoms with Crippen molar-refractivity contribution >= 4 is 17.6 Å². The van der Waals surface area contributed by atoms with Gasteiger partial charge in [0.25, 0.3) is 0 Å². The summed E-state index contributed by atoms with van der Waals surface area (Å²) in [5.41, 5.74) is 1.72. The van der Waals surface area contributed by atoms with E-state index in [0.29, 0.717) is 12.3 Å². The molecule has 1 aromatic rings. The van der Waals surface area contributed by atoms with Gasteiger partial charge in [0.05, 0.1) is 12.1 Å². The van der Waals surface area contributed by atoms with E-state index in [0.717, 1.165) is 43.5 Å². The topological polar surface area (TPSA) is 88.0 Å². The van der Waals surface area contributed by atoms with Crippen LogP contribution in [0.25, 0.3) is 0 Å². The van der Waals surface area contributed by atoms with E-state index in [1.165, 1.54) is 19.4 Å². The maximum Gasteiger partial charge on any atom is 0.350 e. The fourth-order valence-corrected chi connectivity index (χ4v) is 3.23. The van der Waals surface area contributed by atoms with Crippen LogP contribution in [0, 0.1) is 5.92 Å². The molecular formula is C22H32N2O4. The average Bonchev–Trinajstić information content (AvgIpc) is 2.61. The molecule has 6 heteroatoms. The van der Waals surface area contributed by atoms with Crippen LogP contribution in [-0.4, -0.2) is 34.8 Å². The first kappa shape index (κ1) is 21.9. The van der Waals surface area contributed by atoms with E-state index in [1.807, 2.05) is 19.1 Å². The van der Waals surface area contributed by atoms with Crippen molar-refractivity contribution in [1.82, 2.24) is 5.32 Å². The molecule has 2 N–H and O–H groups in total. The molecule has 1 aliphatic rings. The molecule has 0 heterocycles. The molecule has 2 atom stereocenters. The zero-order valence-electron chi connectivity index (χ0n) is 17.3. The van der Waals surface area contributed by atoms with Crippen molar-refractivity contribution in [1.29, 1.82) is 0 Å². The third-order valence-corrected chi connectivity index (χ3v) is 5.37. The number of carbonyl (C=O) groups is 2. The normalized spacial score (nSPS) is 19.6. The quantitative estimate of drug-likeness (QED) is 0.361. The van der Waals surface area contributed by atoms with Crippen LogP contribution >= 0.6 is 0 Å². The number of unbranched alkanes of at least 4 members (excludes halogenated alkanes) is 1. The average molecular weight is 389 g/mol. The van der Waals surface area contributed by atoms with Crippen LogP contribution in [0.3, 0.4) is 0 Å². The van der Waals surface area contributed by atoms with Gasteiger partial charge in [-0.1, -0.05) is 42.8 Å². The molecule has 1 fully saturated rings. The Labute approximate surface area is 167 Å². The SMILES string of the molecule is CCCCNC(=O)Cc1ccc(C2CCC2/C(C)=N/OC(C)(C)C(=O)O)cc1. The van der Waals surface area contributed by atoms with Crippen LogP contribution < -0.4 is 5.32 Å². The van der Waals surface area contributed by atoms with Crippen molar-refractivity contribution in [3.05, 3.63) is 35.4 Å². The largest absolute Gasteiger partial charge is 0.478 e. The molecule has 2 unspecified atom stereocenters. The number of nitrogens with one attached hydrogen (secondary N) is 1. The fraction of sp³-hybridized carbons (Fsp3) is 0.591. The molecular weight excluding hydrogens is 356 g/mol. The van der Waals surface area contributed by atoms with Crippen LogP contribution in [0.1, 0.15) is 70.4 Å². The minimum atomic E-state index is -1.33. The number of oxime groups is 1. The molecule has 154 valence electrons. The fourth-order valence-electron chi connectivity index (χ4n) is 3.23. The van der Waals surface area contributed by atoms with Crippen LogP contribution in [0.15, 0.2) is 29.4 Å². The van der Waals surface area contributed by atoms with Crippen LogP contribution in [0.2, 0.25) is 0 Å². The maximum atomic E-state index is 11.9. The number of carbonyl (C=O) groups excluding carboxylic acids is 1. The lowest BCUT2D eigenvalue weighted by Gasteiger charge is -2.37. The summed E-state index contributed by atoms with van der Waals surface area (Å²) in [6, 6.07) is 8.20. The molecule has 1 aromatic carbocycles. The zero-order chi connectivity index (χ0) is 20.7. The number of hydrogen-bond acceptors (Lipinski definition) is 4. The van der Waals surface area contributed by atoms with Crippen molar-refractivity contribution in [2.75, 3.05) is 6.54 Å². The summed E-state index contributed by atoms with van der Waals surface area (Å²) in [6.07, 6.45) is 4.55. The number of rotatable bonds is 10. The molecule has 1 saturated carbocycles. The Morgan fingerprint density at radius 2 is 1.93 bits per heavy atom. The van der Waals surface area contributed by atoms with E-state index in [-0.39, 0.29) is 11.8 Å². The van der Waals surface area contributed by atoms with Gasteiger partial charge in [0, 0.05) is 12.5 Å². The van der Waals surface area contributed by atoms with Gasteiger partial charge in [0.2, 0.25) is 11.5 Å². The van der Waals surface area contributed by atoms with E-state index in [9.17, 15) is 9.59 Å². The highest BCUT2D eigenvalue weighted by atomic mass is 16.7. The van der Waals surface area contributed by atoms with Gasteiger partial charge in [-0.05, 0) is 57.1 Å². The monoisotopic (exact) mass is 388 g/mol. The van der Waals surface area contributed by atoms with Crippen molar-refractivity contribution in [3.8, 4) is 0 Å². The second-order valence-corrected chi connectivity index (χ2v) is 8.05. The molecule has 6 nitrogen and oxygen atoms in total. The van der Waals surface area contributed by atoms with Gasteiger partial charge in [0.1, 0.15) is 0 Å². The number of nitrogens with zero attached hydrogens (tertiary/aromatic N) is 1. The molecule has 28 heavy (non-hydrogen) atoms. The summed E-state index contributed by atoms with van der Waals surface area (Å²) in [5.74, 6) is -0.368. The molecule has 2 rings (SSSR count). The van der Waals surface area contributed by atoms with Crippen LogP contribution in [-0.2, 0) is 20.8 Å². The number of carboxylic acids is 1. The summed E-state index contributed by atoms with van der Waals surface area (Å²) in [5, 5.41) is 16.1. The molecule has 0 spiro atoms. The predicted octanol–water partition coefficient (Wildman–Crippen LogP) is 3.89. The Morgan fingerprint density at radius 1 is 1.25 bits per heavy atom. The van der Waals surface area contributed by atoms with Gasteiger partial charge in [-0.2, -0.15) is 0 Å². The molecule has 0 radical (unpaired) electrons. The van der Waals surface area contributed by atoms with Gasteiger partial charge < -0.3 is 15.3 Å². The first-order chi connectivity index (χ1) is 13.2. The lowest BCUT2D eigenvalue weighted by atomic mass is 9.68.